The molecule has 8 atom stereocenters. The Morgan fingerprint density at radius 3 is 2.27 bits per heavy atom. The van der Waals surface area contributed by atoms with Crippen molar-refractivity contribution in [3.63, 3.8) is 0 Å². The first-order valence-corrected chi connectivity index (χ1v) is 26.6. The number of aromatic nitrogens is 3. The Kier molecular flexibility index (Phi) is 18.3. The molecule has 1 amide bonds. The fourth-order valence-corrected chi connectivity index (χ4v) is 13.2. The lowest BCUT2D eigenvalue weighted by Crippen LogP contribution is -2.51. The number of hydrogen-bond acceptors (Lipinski definition) is 10. The van der Waals surface area contributed by atoms with Crippen molar-refractivity contribution >= 4 is 23.8 Å². The molecule has 0 unspecified atom stereocenters. The van der Waals surface area contributed by atoms with Crippen molar-refractivity contribution < 1.29 is 39.1 Å². The van der Waals surface area contributed by atoms with Crippen LogP contribution in [-0.2, 0) is 27.3 Å². The molecule has 0 spiro atoms. The van der Waals surface area contributed by atoms with Crippen LogP contribution in [0.2, 0.25) is 0 Å². The van der Waals surface area contributed by atoms with E-state index >= 15 is 0 Å². The minimum atomic E-state index is -0.437. The van der Waals surface area contributed by atoms with E-state index in [0.717, 1.165) is 80.5 Å². The summed E-state index contributed by atoms with van der Waals surface area (Å²) in [5, 5.41) is 42.9. The molecule has 4 aliphatic carbocycles. The molecule has 0 radical (unpaired) electrons. The van der Waals surface area contributed by atoms with Crippen LogP contribution in [-0.4, -0.2) is 75.5 Å². The van der Waals surface area contributed by atoms with Gasteiger partial charge in [0.2, 0.25) is 5.91 Å². The normalized spacial score (nSPS) is 25.9. The molecule has 12 nitrogen and oxygen atoms in total. The van der Waals surface area contributed by atoms with Gasteiger partial charge in [0.1, 0.15) is 12.4 Å². The number of rotatable bonds is 24. The number of nitrogens with one attached hydrogen (secondary N) is 1. The Bertz CT molecular complexity index is 2420. The number of amides is 1. The van der Waals surface area contributed by atoms with Crippen LogP contribution in [0.1, 0.15) is 148 Å². The molecule has 3 aromatic rings. The third-order valence-corrected chi connectivity index (χ3v) is 17.2. The lowest BCUT2D eigenvalue weighted by atomic mass is 9.47. The first-order chi connectivity index (χ1) is 34.1. The molecule has 386 valence electrons. The molecule has 0 bridgehead atoms. The number of ether oxygens (including phenoxy) is 3. The summed E-state index contributed by atoms with van der Waals surface area (Å²) in [6, 6.07) is 9.50. The van der Waals surface area contributed by atoms with E-state index in [1.54, 1.807) is 52.9 Å². The summed E-state index contributed by atoms with van der Waals surface area (Å²) in [6.07, 6.45) is 28.2. The number of unbranched alkanes of at least 4 members (excludes halogenated alkanes) is 3. The molecule has 12 heteroatoms. The van der Waals surface area contributed by atoms with Crippen LogP contribution < -0.4 is 14.8 Å². The molecule has 2 aromatic carbocycles. The van der Waals surface area contributed by atoms with Crippen LogP contribution in [0.25, 0.3) is 12.2 Å². The minimum absolute atomic E-state index is 0.0130. The number of fused-ring (bicyclic) bond motifs is 5. The average molecular weight is 975 g/mol. The molecule has 0 saturated heterocycles. The number of allylic oxidation sites excluding steroid dienone is 4. The number of benzene rings is 2. The van der Waals surface area contributed by atoms with Crippen molar-refractivity contribution in [2.45, 2.75) is 150 Å². The topological polar surface area (TPSA) is 165 Å². The molecule has 3 saturated carbocycles. The monoisotopic (exact) mass is 975 g/mol. The first kappa shape index (κ1) is 53.4. The van der Waals surface area contributed by atoms with Crippen molar-refractivity contribution in [1.29, 1.82) is 0 Å². The summed E-state index contributed by atoms with van der Waals surface area (Å²) in [7, 11) is 2.90. The van der Waals surface area contributed by atoms with E-state index in [-0.39, 0.29) is 64.8 Å². The lowest BCUT2D eigenvalue weighted by Gasteiger charge is -2.58. The van der Waals surface area contributed by atoms with Crippen molar-refractivity contribution in [3.8, 4) is 23.0 Å². The quantitative estimate of drug-likeness (QED) is 0.0223. The number of aryl methyl sites for hydroxylation is 1. The van der Waals surface area contributed by atoms with Gasteiger partial charge in [0.05, 0.1) is 26.0 Å². The van der Waals surface area contributed by atoms with Crippen molar-refractivity contribution in [1.82, 2.24) is 20.3 Å². The molecular formula is C59H82N4O8. The molecule has 7 rings (SSSR count). The minimum Gasteiger partial charge on any atom is -0.508 e. The highest BCUT2D eigenvalue weighted by Gasteiger charge is 2.59. The number of aromatic hydroxyl groups is 2. The van der Waals surface area contributed by atoms with Gasteiger partial charge in [-0.25, -0.2) is 0 Å². The van der Waals surface area contributed by atoms with E-state index in [1.165, 1.54) is 89.9 Å². The Balaban J connectivity index is 0.827. The number of phenols is 2. The zero-order valence-electron chi connectivity index (χ0n) is 43.6. The fourth-order valence-electron chi connectivity index (χ4n) is 13.2. The molecule has 3 fully saturated rings. The zero-order valence-corrected chi connectivity index (χ0v) is 43.6. The highest BCUT2D eigenvalue weighted by atomic mass is 16.5. The van der Waals surface area contributed by atoms with Crippen LogP contribution in [0.5, 0.6) is 23.0 Å². The van der Waals surface area contributed by atoms with E-state index in [2.05, 4.69) is 56.3 Å². The fraction of sp³-hybridized carbons (Fsp3) is 0.593. The van der Waals surface area contributed by atoms with Gasteiger partial charge in [-0.2, -0.15) is 0 Å². The van der Waals surface area contributed by atoms with Gasteiger partial charge in [0, 0.05) is 31.3 Å². The number of methoxy groups -OCH3 is 2. The van der Waals surface area contributed by atoms with Gasteiger partial charge in [0.25, 0.3) is 0 Å². The number of hydrogen-bond donors (Lipinski definition) is 4. The Labute approximate surface area is 423 Å². The molecule has 4 N–H and O–H groups in total. The van der Waals surface area contributed by atoms with E-state index in [1.807, 2.05) is 0 Å². The largest absolute Gasteiger partial charge is 0.508 e. The zero-order chi connectivity index (χ0) is 50.7. The van der Waals surface area contributed by atoms with Crippen LogP contribution in [0.4, 0.5) is 0 Å². The maximum atomic E-state index is 13.6. The second-order valence-corrected chi connectivity index (χ2v) is 22.1. The van der Waals surface area contributed by atoms with Gasteiger partial charge in [-0.3, -0.25) is 14.3 Å². The first-order valence-electron chi connectivity index (χ1n) is 26.6. The number of nitrogens with zero attached hydrogens (tertiary/aromatic N) is 3. The molecular weight excluding hydrogens is 893 g/mol. The number of carbonyl (C=O) groups is 2. The molecule has 71 heavy (non-hydrogen) atoms. The summed E-state index contributed by atoms with van der Waals surface area (Å²) < 4.78 is 18.4. The van der Waals surface area contributed by atoms with E-state index in [4.69, 9.17) is 14.2 Å². The van der Waals surface area contributed by atoms with Gasteiger partial charge in [-0.05, 0) is 158 Å². The highest BCUT2D eigenvalue weighted by molar-refractivity contribution is 6.07. The highest BCUT2D eigenvalue weighted by Crippen LogP contribution is 2.67. The molecule has 4 aliphatic rings. The third-order valence-electron chi connectivity index (χ3n) is 17.2. The lowest BCUT2D eigenvalue weighted by molar-refractivity contribution is -0.129. The maximum absolute atomic E-state index is 13.6. The van der Waals surface area contributed by atoms with Crippen molar-refractivity contribution in [3.05, 3.63) is 94.5 Å². The molecule has 1 aromatic heterocycles. The number of aliphatic hydroxyl groups is 1. The van der Waals surface area contributed by atoms with Crippen molar-refractivity contribution in [2.75, 3.05) is 27.4 Å². The summed E-state index contributed by atoms with van der Waals surface area (Å²) in [5.41, 5.74) is 4.26. The number of aliphatic hydroxyl groups excluding tert-OH is 1. The second-order valence-electron chi connectivity index (χ2n) is 22.1. The number of phenolic OH excluding ortho intramolecular Hbond substituents is 2. The summed E-state index contributed by atoms with van der Waals surface area (Å²) in [6.45, 7) is 13.9. The Morgan fingerprint density at radius 1 is 0.859 bits per heavy atom. The van der Waals surface area contributed by atoms with Gasteiger partial charge in [-0.15, -0.1) is 5.10 Å². The summed E-state index contributed by atoms with van der Waals surface area (Å²) >= 11 is 0. The van der Waals surface area contributed by atoms with Gasteiger partial charge in [-0.1, -0.05) is 108 Å². The van der Waals surface area contributed by atoms with Gasteiger partial charge < -0.3 is 34.8 Å². The second kappa shape index (κ2) is 24.4. The average Bonchev–Trinajstić information content (AvgIpc) is 3.97. The van der Waals surface area contributed by atoms with Crippen LogP contribution in [0.15, 0.2) is 77.7 Å². The Hall–Kier alpha value is -5.36. The standard InChI is InChI=1S/C59H82N4O8/c1-39(2)13-12-14-40(3)48-21-22-49-46-20-19-43-35-45(27-29-58(43,4)50(46)28-30-59(48,49)5)71-38-57(68)60-31-10-8-9-11-32-63-37-44(61-62-63)36-47(51(64)23-15-41-17-25-53(66)55(33-41)69-6)52(65)24-16-42-18-26-54(67)56(34-42)70-7/h15-19,23-26,33-34,37,39-40,45-46,48-50,64,66-67H,8-14,20-22,27-32,35-36,38H2,1-7H3,(H,60,68)/b23-15+,24-16+,51-47-/t40-,45+,46+,48-,49+,50+,58+,59-/m1/s1. The predicted octanol–water partition coefficient (Wildman–Crippen LogP) is 12.2. The SMILES string of the molecule is COc1cc(/C=C/C(=O)/C(Cc2cn(CCCCCCNC(=O)CO[C@H]3CC[C@@]4(C)C(=CC[C@H]5[C@@H]6CC[C@H]([C@H](C)CCCC(C)C)[C@@]6(C)CC[C@@H]54)C3)nn2)=C(O)/C=C/c2ccc(O)c(OC)c2)ccc1O. The van der Waals surface area contributed by atoms with Gasteiger partial charge in [0.15, 0.2) is 28.8 Å². The summed E-state index contributed by atoms with van der Waals surface area (Å²) in [5.74, 6) is 4.75. The Morgan fingerprint density at radius 2 is 1.56 bits per heavy atom. The van der Waals surface area contributed by atoms with Gasteiger partial charge >= 0.3 is 0 Å². The third kappa shape index (κ3) is 13.2. The van der Waals surface area contributed by atoms with E-state index in [9.17, 15) is 24.9 Å². The van der Waals surface area contributed by atoms with Crippen LogP contribution in [0.3, 0.4) is 0 Å². The molecule has 0 aliphatic heterocycles. The predicted molar refractivity (Wildman–Crippen MR) is 280 cm³/mol. The van der Waals surface area contributed by atoms with Crippen molar-refractivity contribution in [2.24, 2.45) is 46.3 Å². The maximum Gasteiger partial charge on any atom is 0.246 e. The number of ketones is 1. The van der Waals surface area contributed by atoms with Crippen LogP contribution in [0, 0.1) is 46.3 Å². The smallest absolute Gasteiger partial charge is 0.246 e. The summed E-state index contributed by atoms with van der Waals surface area (Å²) in [4.78, 5) is 26.5. The number of carbonyl (C=O) groups excluding carboxylic acids is 2. The molecule has 1 heterocycles. The van der Waals surface area contributed by atoms with E-state index < -0.39 is 5.78 Å². The van der Waals surface area contributed by atoms with Crippen LogP contribution >= 0.6 is 0 Å². The van der Waals surface area contributed by atoms with E-state index in [0.29, 0.717) is 35.3 Å².